The second-order valence-electron chi connectivity index (χ2n) is 17.9. The molecule has 1 aromatic carbocycles. The quantitative estimate of drug-likeness (QED) is 0.0362. The highest BCUT2D eigenvalue weighted by Gasteiger charge is 2.39. The molecule has 1 aliphatic heterocycles. The number of nitrogens with zero attached hydrogens (tertiary/aromatic N) is 3. The zero-order valence-electron chi connectivity index (χ0n) is 39.3. The fourth-order valence-electron chi connectivity index (χ4n) is 8.50. The lowest BCUT2D eigenvalue weighted by Gasteiger charge is -2.40. The number of carbonyl (C=O) groups excluding carboxylic acids is 6. The van der Waals surface area contributed by atoms with Crippen molar-refractivity contribution < 1.29 is 52.5 Å². The van der Waals surface area contributed by atoms with E-state index < -0.39 is 48.3 Å². The number of hydrogen-bond donors (Lipinski definition) is 0. The molecule has 15 heteroatoms. The Balaban J connectivity index is 1.29. The van der Waals surface area contributed by atoms with Crippen molar-refractivity contribution >= 4 is 68.3 Å². The molecule has 14 nitrogen and oxygen atoms in total. The first-order valence-corrected chi connectivity index (χ1v) is 24.3. The first-order valence-electron chi connectivity index (χ1n) is 23.5. The molecule has 1 aliphatic carbocycles. The molecule has 1 unspecified atom stereocenters. The minimum absolute atomic E-state index is 0.0225. The molecule has 0 saturated heterocycles. The van der Waals surface area contributed by atoms with Gasteiger partial charge in [0.2, 0.25) is 12.7 Å². The SMILES string of the molecule is CCCCCCCC(=O)OCC(COC(=O)CCCCCCC)OC(=O)CC(C)(C)CCC(=O)OCOC(=O)n1c(Br)c2c3c(cccc31)C1=C[C@@H](C(=O)N(CC)CC)CN(C)C1C2. The van der Waals surface area contributed by atoms with Gasteiger partial charge in [-0.2, -0.15) is 0 Å². The van der Waals surface area contributed by atoms with Crippen molar-refractivity contribution in [3.63, 3.8) is 0 Å². The summed E-state index contributed by atoms with van der Waals surface area (Å²) < 4.78 is 29.3. The van der Waals surface area contributed by atoms with Gasteiger partial charge in [-0.05, 0) is 90.7 Å². The van der Waals surface area contributed by atoms with E-state index in [1.54, 1.807) is 0 Å². The molecule has 0 spiro atoms. The predicted molar refractivity (Wildman–Crippen MR) is 248 cm³/mol. The second kappa shape index (κ2) is 26.0. The smallest absolute Gasteiger partial charge is 0.422 e. The van der Waals surface area contributed by atoms with E-state index >= 15 is 0 Å². The normalized spacial score (nSPS) is 15.9. The maximum atomic E-state index is 13.6. The van der Waals surface area contributed by atoms with Gasteiger partial charge >= 0.3 is 30.0 Å². The first-order chi connectivity index (χ1) is 30.6. The van der Waals surface area contributed by atoms with Crippen LogP contribution < -0.4 is 0 Å². The molecule has 2 atom stereocenters. The summed E-state index contributed by atoms with van der Waals surface area (Å²) in [6, 6.07) is 5.77. The minimum atomic E-state index is -0.974. The number of esters is 4. The van der Waals surface area contributed by atoms with Crippen LogP contribution in [0.1, 0.15) is 149 Å². The number of carbonyl (C=O) groups is 6. The summed E-state index contributed by atoms with van der Waals surface area (Å²) >= 11 is 3.67. The first kappa shape index (κ1) is 52.4. The molecule has 1 amide bonds. The Morgan fingerprint density at radius 2 is 1.38 bits per heavy atom. The summed E-state index contributed by atoms with van der Waals surface area (Å²) in [7, 11) is 2.03. The Bertz CT molecular complexity index is 1910. The number of amides is 1. The standard InChI is InChI=1S/C49H72BrN3O11/c1-8-12-14-16-18-23-41(54)60-31-35(32-61-42(55)24-19-17-15-13-9-2)64-44(57)29-49(5,6)26-25-43(56)62-33-63-48(59)53-39-22-20-21-36-37-27-34(47(58)52(10-3)11-4)30-51(7)40(37)28-38(45(36)39)46(53)50/h20-22,27,34-35,40H,8-19,23-26,28-33H2,1-7H3/t34-,40?/m1/s1. The van der Waals surface area contributed by atoms with Gasteiger partial charge in [-0.25, -0.2) is 9.36 Å². The maximum absolute atomic E-state index is 13.6. The lowest BCUT2D eigenvalue weighted by Crippen LogP contribution is -2.47. The molecule has 356 valence electrons. The Morgan fingerprint density at radius 3 is 1.97 bits per heavy atom. The van der Waals surface area contributed by atoms with Crippen molar-refractivity contribution in [3.05, 3.63) is 40.0 Å². The summed E-state index contributed by atoms with van der Waals surface area (Å²) in [6.45, 7) is 12.7. The summed E-state index contributed by atoms with van der Waals surface area (Å²) in [6.07, 6.45) is 11.5. The van der Waals surface area contributed by atoms with E-state index in [9.17, 15) is 28.8 Å². The van der Waals surface area contributed by atoms with Gasteiger partial charge in [0.05, 0.1) is 22.5 Å². The Morgan fingerprint density at radius 1 is 0.781 bits per heavy atom. The molecule has 2 aliphatic rings. The van der Waals surface area contributed by atoms with E-state index in [0.29, 0.717) is 49.0 Å². The molecule has 0 radical (unpaired) electrons. The number of fused-ring (bicyclic) bond motifs is 2. The van der Waals surface area contributed by atoms with Crippen molar-refractivity contribution in [1.82, 2.24) is 14.4 Å². The van der Waals surface area contributed by atoms with Gasteiger partial charge in [0.1, 0.15) is 13.2 Å². The third-order valence-electron chi connectivity index (χ3n) is 12.2. The molecule has 2 aromatic rings. The molecule has 0 fully saturated rings. The van der Waals surface area contributed by atoms with E-state index in [1.165, 1.54) is 4.57 Å². The van der Waals surface area contributed by atoms with E-state index in [2.05, 4.69) is 40.8 Å². The number of halogens is 1. The summed E-state index contributed by atoms with van der Waals surface area (Å²) in [5.74, 6) is -2.17. The summed E-state index contributed by atoms with van der Waals surface area (Å²) in [5, 5.41) is 0.908. The molecule has 1 aromatic heterocycles. The Labute approximate surface area is 388 Å². The van der Waals surface area contributed by atoms with Gasteiger partial charge in [0.25, 0.3) is 0 Å². The fraction of sp³-hybridized carbons (Fsp3) is 0.673. The van der Waals surface area contributed by atoms with Gasteiger partial charge in [-0.15, -0.1) is 0 Å². The largest absolute Gasteiger partial charge is 0.462 e. The van der Waals surface area contributed by atoms with Crippen molar-refractivity contribution in [3.8, 4) is 0 Å². The molecule has 64 heavy (non-hydrogen) atoms. The highest BCUT2D eigenvalue weighted by Crippen LogP contribution is 2.45. The van der Waals surface area contributed by atoms with Gasteiger partial charge in [-0.3, -0.25) is 28.9 Å². The van der Waals surface area contributed by atoms with Gasteiger partial charge < -0.3 is 28.6 Å². The average molecular weight is 959 g/mol. The van der Waals surface area contributed by atoms with E-state index in [1.807, 2.05) is 57.8 Å². The molecule has 2 heterocycles. The van der Waals surface area contributed by atoms with Crippen molar-refractivity contribution in [2.24, 2.45) is 11.3 Å². The van der Waals surface area contributed by atoms with E-state index in [0.717, 1.165) is 73.5 Å². The third-order valence-corrected chi connectivity index (χ3v) is 13.1. The monoisotopic (exact) mass is 957 g/mol. The van der Waals surface area contributed by atoms with Crippen LogP contribution >= 0.6 is 15.9 Å². The highest BCUT2D eigenvalue weighted by molar-refractivity contribution is 9.10. The van der Waals surface area contributed by atoms with Crippen LogP contribution in [0.15, 0.2) is 28.9 Å². The van der Waals surface area contributed by atoms with Crippen LogP contribution in [0.25, 0.3) is 16.5 Å². The van der Waals surface area contributed by atoms with Crippen LogP contribution in [0.2, 0.25) is 0 Å². The Hall–Kier alpha value is -4.24. The molecule has 0 N–H and O–H groups in total. The van der Waals surface area contributed by atoms with E-state index in [4.69, 9.17) is 23.7 Å². The number of rotatable bonds is 27. The molecular formula is C49H72BrN3O11. The van der Waals surface area contributed by atoms with Crippen LogP contribution in [0.4, 0.5) is 4.79 Å². The number of aromatic nitrogens is 1. The van der Waals surface area contributed by atoms with Gasteiger partial charge in [0.15, 0.2) is 6.10 Å². The van der Waals surface area contributed by atoms with Crippen LogP contribution in [-0.4, -0.2) is 109 Å². The van der Waals surface area contributed by atoms with Crippen LogP contribution in [-0.2, 0) is 54.1 Å². The average Bonchev–Trinajstić information content (AvgIpc) is 3.55. The number of benzene rings is 1. The second-order valence-corrected chi connectivity index (χ2v) is 18.6. The zero-order valence-corrected chi connectivity index (χ0v) is 40.9. The van der Waals surface area contributed by atoms with Crippen LogP contribution in [0.3, 0.4) is 0 Å². The summed E-state index contributed by atoms with van der Waals surface area (Å²) in [5.41, 5.74) is 2.92. The molecule has 4 rings (SSSR count). The number of likely N-dealkylation sites (N-methyl/N-ethyl adjacent to an activating group) is 1. The fourth-order valence-corrected chi connectivity index (χ4v) is 9.20. The number of ether oxygens (including phenoxy) is 5. The van der Waals surface area contributed by atoms with Crippen molar-refractivity contribution in [2.45, 2.75) is 156 Å². The van der Waals surface area contributed by atoms with Crippen LogP contribution in [0.5, 0.6) is 0 Å². The van der Waals surface area contributed by atoms with Gasteiger partial charge in [-0.1, -0.05) is 97.3 Å². The molecule has 0 bridgehead atoms. The highest BCUT2D eigenvalue weighted by atomic mass is 79.9. The van der Waals surface area contributed by atoms with Crippen LogP contribution in [0, 0.1) is 11.3 Å². The number of hydrogen-bond acceptors (Lipinski definition) is 12. The topological polar surface area (TPSA) is 160 Å². The maximum Gasteiger partial charge on any atom is 0.422 e. The lowest BCUT2D eigenvalue weighted by molar-refractivity contribution is -0.168. The zero-order chi connectivity index (χ0) is 46.8. The molecular weight excluding hydrogens is 886 g/mol. The van der Waals surface area contributed by atoms with Gasteiger partial charge in [0, 0.05) is 50.3 Å². The lowest BCUT2D eigenvalue weighted by atomic mass is 9.79. The minimum Gasteiger partial charge on any atom is -0.462 e. The Kier molecular flexibility index (Phi) is 21.3. The third kappa shape index (κ3) is 15.2. The predicted octanol–water partition coefficient (Wildman–Crippen LogP) is 9.54. The number of unbranched alkanes of at least 4 members (excludes halogenated alkanes) is 8. The summed E-state index contributed by atoms with van der Waals surface area (Å²) in [4.78, 5) is 81.9. The van der Waals surface area contributed by atoms with E-state index in [-0.39, 0.29) is 63.2 Å². The molecule has 0 saturated carbocycles. The van der Waals surface area contributed by atoms with Crippen molar-refractivity contribution in [2.75, 3.05) is 46.7 Å². The van der Waals surface area contributed by atoms with Crippen molar-refractivity contribution in [1.29, 1.82) is 0 Å².